The van der Waals surface area contributed by atoms with Crippen molar-refractivity contribution in [1.29, 1.82) is 0 Å². The van der Waals surface area contributed by atoms with Crippen LogP contribution in [0.5, 0.6) is 0 Å². The number of aromatic nitrogens is 2. The molecule has 1 saturated heterocycles. The van der Waals surface area contributed by atoms with Crippen LogP contribution in [0.3, 0.4) is 0 Å². The molecule has 220 valence electrons. The molecule has 11 heteroatoms. The van der Waals surface area contributed by atoms with Crippen LogP contribution in [0.2, 0.25) is 5.02 Å². The van der Waals surface area contributed by atoms with E-state index in [9.17, 15) is 13.5 Å². The second kappa shape index (κ2) is 11.1. The van der Waals surface area contributed by atoms with Gasteiger partial charge >= 0.3 is 0 Å². The monoisotopic (exact) mass is 609 g/mol. The molecule has 2 aliphatic rings. The summed E-state index contributed by atoms with van der Waals surface area (Å²) in [5, 5.41) is 14.7. The first kappa shape index (κ1) is 28.8. The molecule has 1 atom stereocenters. The van der Waals surface area contributed by atoms with E-state index in [0.29, 0.717) is 52.6 Å². The van der Waals surface area contributed by atoms with Crippen LogP contribution in [0.1, 0.15) is 47.6 Å². The Balaban J connectivity index is 1.32. The first-order valence-electron chi connectivity index (χ1n) is 14.1. The fourth-order valence-electron chi connectivity index (χ4n) is 6.09. The third-order valence-electron chi connectivity index (χ3n) is 8.40. The maximum atomic E-state index is 15.4. The van der Waals surface area contributed by atoms with E-state index in [1.54, 1.807) is 19.2 Å². The number of piperidine rings is 1. The van der Waals surface area contributed by atoms with Gasteiger partial charge in [-0.05, 0) is 124 Å². The van der Waals surface area contributed by atoms with Gasteiger partial charge in [-0.3, -0.25) is 4.72 Å². The number of nitrogens with one attached hydrogen (secondary N) is 2. The van der Waals surface area contributed by atoms with E-state index in [1.165, 1.54) is 18.2 Å². The van der Waals surface area contributed by atoms with Gasteiger partial charge in [-0.2, -0.15) is 0 Å². The highest BCUT2D eigenvalue weighted by Crippen LogP contribution is 2.39. The van der Waals surface area contributed by atoms with E-state index in [1.807, 2.05) is 19.1 Å². The lowest BCUT2D eigenvalue weighted by molar-refractivity contribution is 0.180. The van der Waals surface area contributed by atoms with Crippen molar-refractivity contribution in [2.24, 2.45) is 0 Å². The number of nitrogens with zero attached hydrogens (tertiary/aromatic N) is 3. The molecule has 0 unspecified atom stereocenters. The minimum atomic E-state index is -4.08. The molecule has 6 rings (SSSR count). The molecule has 0 saturated carbocycles. The summed E-state index contributed by atoms with van der Waals surface area (Å²) in [4.78, 5) is 11.6. The highest BCUT2D eigenvalue weighted by molar-refractivity contribution is 7.92. The number of sulfonamides is 1. The van der Waals surface area contributed by atoms with E-state index in [-0.39, 0.29) is 15.6 Å². The molecule has 1 aliphatic heterocycles. The highest BCUT2D eigenvalue weighted by atomic mass is 35.5. The van der Waals surface area contributed by atoms with Crippen LogP contribution in [0.4, 0.5) is 16.0 Å². The number of halogens is 2. The van der Waals surface area contributed by atoms with Crippen molar-refractivity contribution in [3.8, 4) is 11.1 Å². The van der Waals surface area contributed by atoms with Crippen LogP contribution >= 0.6 is 11.6 Å². The molecule has 0 radical (unpaired) electrons. The largest absolute Gasteiger partial charge is 0.388 e. The summed E-state index contributed by atoms with van der Waals surface area (Å²) in [7, 11) is -1.96. The normalized spacial score (nSPS) is 17.9. The van der Waals surface area contributed by atoms with Crippen molar-refractivity contribution in [1.82, 2.24) is 14.9 Å². The van der Waals surface area contributed by atoms with Gasteiger partial charge in [0.15, 0.2) is 0 Å². The molecule has 1 fully saturated rings. The van der Waals surface area contributed by atoms with Gasteiger partial charge in [0.2, 0.25) is 5.95 Å². The summed E-state index contributed by atoms with van der Waals surface area (Å²) < 4.78 is 45.1. The Bertz CT molecular complexity index is 1810. The number of aryl methyl sites for hydroxylation is 1. The molecule has 1 aliphatic carbocycles. The van der Waals surface area contributed by atoms with Crippen LogP contribution < -0.4 is 10.0 Å². The van der Waals surface area contributed by atoms with Crippen LogP contribution in [-0.4, -0.2) is 54.6 Å². The van der Waals surface area contributed by atoms with Gasteiger partial charge in [-0.1, -0.05) is 11.6 Å². The predicted octanol–water partition coefficient (Wildman–Crippen LogP) is 5.99. The summed E-state index contributed by atoms with van der Waals surface area (Å²) in [6, 6.07) is 9.69. The van der Waals surface area contributed by atoms with Gasteiger partial charge in [0, 0.05) is 28.2 Å². The van der Waals surface area contributed by atoms with E-state index in [4.69, 9.17) is 16.6 Å². The maximum Gasteiger partial charge on any atom is 0.262 e. The lowest BCUT2D eigenvalue weighted by atomic mass is 9.95. The van der Waals surface area contributed by atoms with Crippen LogP contribution in [0.15, 0.2) is 47.5 Å². The number of fused-ring (bicyclic) bond motifs is 2. The topological polar surface area (TPSA) is 107 Å². The van der Waals surface area contributed by atoms with Gasteiger partial charge in [-0.25, -0.2) is 22.8 Å². The molecule has 0 amide bonds. The molecule has 1 aromatic heterocycles. The van der Waals surface area contributed by atoms with Crippen molar-refractivity contribution in [2.45, 2.75) is 56.6 Å². The van der Waals surface area contributed by atoms with E-state index in [0.717, 1.165) is 42.4 Å². The van der Waals surface area contributed by atoms with Crippen LogP contribution in [0.25, 0.3) is 22.0 Å². The number of benzene rings is 3. The smallest absolute Gasteiger partial charge is 0.262 e. The molecular weight excluding hydrogens is 577 g/mol. The molecular formula is C31H33ClFN5O3S. The molecule has 3 aromatic carbocycles. The zero-order valence-corrected chi connectivity index (χ0v) is 25.3. The zero-order valence-electron chi connectivity index (χ0n) is 23.7. The van der Waals surface area contributed by atoms with Gasteiger partial charge in [0.25, 0.3) is 10.0 Å². The summed E-state index contributed by atoms with van der Waals surface area (Å²) in [6.07, 6.45) is 3.88. The standard InChI is InChI=1S/C31H33ClFN5O3S/c1-17-12-19(13-20-16-34-31(36-30(17)20)35-22-8-10-38(3)11-9-22)29-18(2)26(6-5-25(29)33)37-42(40,41)28-15-21(32)14-24-23(28)4-7-27(24)39/h5-6,12-16,22,27,37,39H,4,7-11H2,1-3H3,(H,34,35,36)/t27-/m1/s1. The van der Waals surface area contributed by atoms with E-state index in [2.05, 4.69) is 27.0 Å². The van der Waals surface area contributed by atoms with E-state index >= 15 is 4.39 Å². The van der Waals surface area contributed by atoms with Crippen molar-refractivity contribution in [2.75, 3.05) is 30.2 Å². The highest BCUT2D eigenvalue weighted by Gasteiger charge is 2.30. The molecule has 8 nitrogen and oxygen atoms in total. The van der Waals surface area contributed by atoms with Crippen molar-refractivity contribution < 1.29 is 17.9 Å². The number of aliphatic hydroxyl groups excluding tert-OH is 1. The lowest BCUT2D eigenvalue weighted by Crippen LogP contribution is -2.37. The van der Waals surface area contributed by atoms with Crippen LogP contribution in [0, 0.1) is 19.7 Å². The minimum absolute atomic E-state index is 0.0233. The molecule has 3 N–H and O–H groups in total. The Morgan fingerprint density at radius 2 is 1.86 bits per heavy atom. The number of rotatable bonds is 6. The molecule has 2 heterocycles. The number of hydrogen-bond acceptors (Lipinski definition) is 7. The van der Waals surface area contributed by atoms with E-state index < -0.39 is 21.9 Å². The molecule has 0 bridgehead atoms. The maximum absolute atomic E-state index is 15.4. The average Bonchev–Trinajstić information content (AvgIpc) is 3.31. The number of likely N-dealkylation sites (tertiary alicyclic amines) is 1. The second-order valence-corrected chi connectivity index (χ2v) is 13.5. The Labute approximate surface area is 250 Å². The Hall–Kier alpha value is -3.31. The van der Waals surface area contributed by atoms with Crippen LogP contribution in [-0.2, 0) is 16.4 Å². The first-order chi connectivity index (χ1) is 20.0. The van der Waals surface area contributed by atoms with Gasteiger partial charge in [0.05, 0.1) is 22.2 Å². The van der Waals surface area contributed by atoms with Crippen molar-refractivity contribution in [3.63, 3.8) is 0 Å². The average molecular weight is 610 g/mol. The molecule has 0 spiro atoms. The number of hydrogen-bond donors (Lipinski definition) is 3. The Morgan fingerprint density at radius 3 is 2.62 bits per heavy atom. The second-order valence-electron chi connectivity index (χ2n) is 11.4. The number of aliphatic hydroxyl groups is 1. The van der Waals surface area contributed by atoms with Crippen molar-refractivity contribution in [3.05, 3.63) is 75.7 Å². The quantitative estimate of drug-likeness (QED) is 0.246. The van der Waals surface area contributed by atoms with Crippen molar-refractivity contribution >= 4 is 44.2 Å². The molecule has 42 heavy (non-hydrogen) atoms. The lowest BCUT2D eigenvalue weighted by Gasteiger charge is -2.29. The SMILES string of the molecule is Cc1c(NS(=O)(=O)c2cc(Cl)cc3c2CC[C@H]3O)ccc(F)c1-c1cc(C)c2nc(NC3CCN(C)CC3)ncc2c1. The summed E-state index contributed by atoms with van der Waals surface area (Å²) in [6.45, 7) is 5.66. The summed E-state index contributed by atoms with van der Waals surface area (Å²) >= 11 is 6.22. The third kappa shape index (κ3) is 5.44. The summed E-state index contributed by atoms with van der Waals surface area (Å²) in [5.41, 5.74) is 4.29. The van der Waals surface area contributed by atoms with Gasteiger partial charge < -0.3 is 15.3 Å². The molecule has 4 aromatic rings. The number of anilines is 2. The fraction of sp³-hybridized carbons (Fsp3) is 0.355. The minimum Gasteiger partial charge on any atom is -0.388 e. The van der Waals surface area contributed by atoms with Gasteiger partial charge in [-0.15, -0.1) is 0 Å². The summed E-state index contributed by atoms with van der Waals surface area (Å²) in [5.74, 6) is 0.106. The Morgan fingerprint density at radius 1 is 1.10 bits per heavy atom. The first-order valence-corrected chi connectivity index (χ1v) is 15.9. The van der Waals surface area contributed by atoms with Gasteiger partial charge in [0.1, 0.15) is 5.82 Å². The third-order valence-corrected chi connectivity index (χ3v) is 10.0. The Kier molecular flexibility index (Phi) is 7.59. The predicted molar refractivity (Wildman–Crippen MR) is 164 cm³/mol. The fourth-order valence-corrected chi connectivity index (χ4v) is 7.83. The zero-order chi connectivity index (χ0) is 29.8.